The lowest BCUT2D eigenvalue weighted by molar-refractivity contribution is 0.146. The van der Waals surface area contributed by atoms with Crippen LogP contribution in [-0.2, 0) is 11.2 Å². The summed E-state index contributed by atoms with van der Waals surface area (Å²) in [5, 5.41) is 11.4. The van der Waals surface area contributed by atoms with Gasteiger partial charge in [0.2, 0.25) is 0 Å². The average molecular weight is 274 g/mol. The van der Waals surface area contributed by atoms with Crippen LogP contribution in [0.2, 0.25) is 0 Å². The standard InChI is InChI=1S/C14H14N2O2S/c1-17-8-9-18-12-4-2-11(3-5-12)13-10-19-14(16-13)6-7-15/h2-5,10H,6,8-9H2,1H3. The molecule has 0 aliphatic rings. The van der Waals surface area contributed by atoms with Crippen LogP contribution in [0.3, 0.4) is 0 Å². The van der Waals surface area contributed by atoms with Crippen LogP contribution in [0.5, 0.6) is 5.75 Å². The Labute approximate surface area is 116 Å². The van der Waals surface area contributed by atoms with Crippen molar-refractivity contribution in [3.8, 4) is 23.1 Å². The van der Waals surface area contributed by atoms with E-state index in [1.165, 1.54) is 11.3 Å². The third kappa shape index (κ3) is 3.78. The molecule has 0 unspecified atom stereocenters. The van der Waals surface area contributed by atoms with Gasteiger partial charge in [0, 0.05) is 18.1 Å². The Bertz CT molecular complexity index is 558. The van der Waals surface area contributed by atoms with Crippen LogP contribution in [0, 0.1) is 11.3 Å². The molecule has 1 aromatic carbocycles. The number of methoxy groups -OCH3 is 1. The molecular weight excluding hydrogens is 260 g/mol. The lowest BCUT2D eigenvalue weighted by Gasteiger charge is -2.05. The molecule has 19 heavy (non-hydrogen) atoms. The largest absolute Gasteiger partial charge is 0.491 e. The molecule has 98 valence electrons. The molecule has 1 aromatic heterocycles. The Morgan fingerprint density at radius 2 is 2.05 bits per heavy atom. The minimum absolute atomic E-state index is 0.364. The van der Waals surface area contributed by atoms with E-state index in [4.69, 9.17) is 14.7 Å². The van der Waals surface area contributed by atoms with Gasteiger partial charge in [-0.2, -0.15) is 5.26 Å². The molecule has 0 amide bonds. The smallest absolute Gasteiger partial charge is 0.119 e. The summed E-state index contributed by atoms with van der Waals surface area (Å²) >= 11 is 1.51. The fraction of sp³-hybridized carbons (Fsp3) is 0.286. The molecule has 0 atom stereocenters. The molecule has 0 fully saturated rings. The van der Waals surface area contributed by atoms with Crippen LogP contribution in [0.1, 0.15) is 5.01 Å². The predicted molar refractivity (Wildman–Crippen MR) is 74.2 cm³/mol. The third-order valence-electron chi connectivity index (χ3n) is 2.49. The maximum absolute atomic E-state index is 8.63. The third-order valence-corrected chi connectivity index (χ3v) is 3.34. The van der Waals surface area contributed by atoms with E-state index >= 15 is 0 Å². The van der Waals surface area contributed by atoms with Gasteiger partial charge >= 0.3 is 0 Å². The summed E-state index contributed by atoms with van der Waals surface area (Å²) in [4.78, 5) is 4.41. The second kappa shape index (κ2) is 6.88. The van der Waals surface area contributed by atoms with E-state index in [-0.39, 0.29) is 0 Å². The number of rotatable bonds is 6. The van der Waals surface area contributed by atoms with Gasteiger partial charge in [-0.1, -0.05) is 0 Å². The summed E-state index contributed by atoms with van der Waals surface area (Å²) in [6, 6.07) is 9.86. The molecular formula is C14H14N2O2S. The summed E-state index contributed by atoms with van der Waals surface area (Å²) in [6.45, 7) is 1.12. The van der Waals surface area contributed by atoms with Crippen molar-refractivity contribution in [2.24, 2.45) is 0 Å². The Hall–Kier alpha value is -1.90. The van der Waals surface area contributed by atoms with E-state index in [9.17, 15) is 0 Å². The fourth-order valence-electron chi connectivity index (χ4n) is 1.56. The van der Waals surface area contributed by atoms with Crippen molar-refractivity contribution < 1.29 is 9.47 Å². The molecule has 0 aliphatic carbocycles. The van der Waals surface area contributed by atoms with Crippen molar-refractivity contribution in [1.82, 2.24) is 4.98 Å². The zero-order valence-electron chi connectivity index (χ0n) is 10.6. The van der Waals surface area contributed by atoms with Crippen LogP contribution < -0.4 is 4.74 Å². The second-order valence-electron chi connectivity index (χ2n) is 3.83. The number of ether oxygens (including phenoxy) is 2. The lowest BCUT2D eigenvalue weighted by atomic mass is 10.2. The maximum Gasteiger partial charge on any atom is 0.119 e. The molecule has 0 N–H and O–H groups in total. The summed E-state index contributed by atoms with van der Waals surface area (Å²) in [5.41, 5.74) is 1.93. The van der Waals surface area contributed by atoms with Crippen molar-refractivity contribution in [1.29, 1.82) is 5.26 Å². The zero-order valence-corrected chi connectivity index (χ0v) is 11.4. The van der Waals surface area contributed by atoms with Gasteiger partial charge < -0.3 is 9.47 Å². The average Bonchev–Trinajstić information content (AvgIpc) is 2.89. The first-order chi connectivity index (χ1) is 9.33. The number of thiazole rings is 1. The molecule has 4 nitrogen and oxygen atoms in total. The summed E-state index contributed by atoms with van der Waals surface area (Å²) < 4.78 is 10.4. The predicted octanol–water partition coefficient (Wildman–Crippen LogP) is 2.90. The highest BCUT2D eigenvalue weighted by Gasteiger charge is 2.04. The number of aromatic nitrogens is 1. The quantitative estimate of drug-likeness (QED) is 0.760. The minimum atomic E-state index is 0.364. The highest BCUT2D eigenvalue weighted by molar-refractivity contribution is 7.10. The molecule has 2 rings (SSSR count). The summed E-state index contributed by atoms with van der Waals surface area (Å²) in [5.74, 6) is 0.813. The molecule has 0 saturated carbocycles. The molecule has 0 radical (unpaired) electrons. The highest BCUT2D eigenvalue weighted by atomic mass is 32.1. The topological polar surface area (TPSA) is 55.1 Å². The van der Waals surface area contributed by atoms with E-state index in [1.54, 1.807) is 7.11 Å². The van der Waals surface area contributed by atoms with Gasteiger partial charge in [-0.05, 0) is 24.3 Å². The normalized spacial score (nSPS) is 10.1. The van der Waals surface area contributed by atoms with Crippen molar-refractivity contribution in [3.63, 3.8) is 0 Å². The number of hydrogen-bond acceptors (Lipinski definition) is 5. The van der Waals surface area contributed by atoms with Crippen molar-refractivity contribution in [2.45, 2.75) is 6.42 Å². The number of nitrogens with zero attached hydrogens (tertiary/aromatic N) is 2. The molecule has 0 aliphatic heterocycles. The number of nitriles is 1. The van der Waals surface area contributed by atoms with Crippen LogP contribution in [0.25, 0.3) is 11.3 Å². The van der Waals surface area contributed by atoms with Crippen molar-refractivity contribution in [3.05, 3.63) is 34.7 Å². The van der Waals surface area contributed by atoms with E-state index in [2.05, 4.69) is 11.1 Å². The Morgan fingerprint density at radius 3 is 2.74 bits per heavy atom. The number of benzene rings is 1. The first-order valence-electron chi connectivity index (χ1n) is 5.87. The van der Waals surface area contributed by atoms with Gasteiger partial charge in [0.15, 0.2) is 0 Å². The fourth-order valence-corrected chi connectivity index (χ4v) is 2.29. The number of hydrogen-bond donors (Lipinski definition) is 0. The Morgan fingerprint density at radius 1 is 1.26 bits per heavy atom. The highest BCUT2D eigenvalue weighted by Crippen LogP contribution is 2.24. The molecule has 1 heterocycles. The Balaban J connectivity index is 2.02. The summed E-state index contributed by atoms with van der Waals surface area (Å²) in [6.07, 6.45) is 0.364. The van der Waals surface area contributed by atoms with Gasteiger partial charge in [0.25, 0.3) is 0 Å². The molecule has 0 bridgehead atoms. The molecule has 2 aromatic rings. The van der Waals surface area contributed by atoms with Crippen molar-refractivity contribution >= 4 is 11.3 Å². The van der Waals surface area contributed by atoms with Crippen molar-refractivity contribution in [2.75, 3.05) is 20.3 Å². The lowest BCUT2D eigenvalue weighted by Crippen LogP contribution is -2.03. The second-order valence-corrected chi connectivity index (χ2v) is 4.77. The van der Waals surface area contributed by atoms with Crippen LogP contribution in [0.4, 0.5) is 0 Å². The van der Waals surface area contributed by atoms with Gasteiger partial charge in [-0.15, -0.1) is 11.3 Å². The Kier molecular flexibility index (Phi) is 4.90. The summed E-state index contributed by atoms with van der Waals surface area (Å²) in [7, 11) is 1.65. The zero-order chi connectivity index (χ0) is 13.5. The first-order valence-corrected chi connectivity index (χ1v) is 6.75. The van der Waals surface area contributed by atoms with Crippen LogP contribution >= 0.6 is 11.3 Å². The van der Waals surface area contributed by atoms with Gasteiger partial charge in [-0.25, -0.2) is 4.98 Å². The van der Waals surface area contributed by atoms with E-state index in [0.717, 1.165) is 22.0 Å². The maximum atomic E-state index is 8.63. The van der Waals surface area contributed by atoms with Gasteiger partial charge in [-0.3, -0.25) is 0 Å². The van der Waals surface area contributed by atoms with E-state index < -0.39 is 0 Å². The van der Waals surface area contributed by atoms with Crippen LogP contribution in [-0.4, -0.2) is 25.3 Å². The SMILES string of the molecule is COCCOc1ccc(-c2csc(CC#N)n2)cc1. The minimum Gasteiger partial charge on any atom is -0.491 e. The molecule has 0 spiro atoms. The molecule has 5 heteroatoms. The molecule has 0 saturated heterocycles. The van der Waals surface area contributed by atoms with Gasteiger partial charge in [0.05, 0.1) is 24.8 Å². The van der Waals surface area contributed by atoms with Crippen LogP contribution in [0.15, 0.2) is 29.6 Å². The monoisotopic (exact) mass is 274 g/mol. The first kappa shape index (κ1) is 13.5. The van der Waals surface area contributed by atoms with E-state index in [0.29, 0.717) is 19.6 Å². The van der Waals surface area contributed by atoms with E-state index in [1.807, 2.05) is 29.6 Å². The van der Waals surface area contributed by atoms with Gasteiger partial charge in [0.1, 0.15) is 17.4 Å².